The van der Waals surface area contributed by atoms with Crippen molar-refractivity contribution in [3.63, 3.8) is 0 Å². The van der Waals surface area contributed by atoms with E-state index < -0.39 is 53.3 Å². The summed E-state index contributed by atoms with van der Waals surface area (Å²) in [6, 6.07) is 13.8. The van der Waals surface area contributed by atoms with Crippen molar-refractivity contribution in [1.82, 2.24) is 16.0 Å². The number of ether oxygens (including phenoxy) is 4. The normalized spacial score (nSPS) is 13.6. The Morgan fingerprint density at radius 1 is 0.708 bits per heavy atom. The van der Waals surface area contributed by atoms with E-state index in [2.05, 4.69) is 16.0 Å². The Balaban J connectivity index is 1.55. The standard InChI is InChI=1S/C36H49N3O9/c1-35(2,3)47-32(42)29(39-34(44)46-22-27-25-16-10-8-14-23(25)24-15-9-11-17-26(24)27)19-20-30(40)38-28(31(41)45-7)18-12-13-21-37-33(43)48-36(4,5)6/h8-11,14-17,27-29H,12-13,18-22H2,1-7H3,(H,37,43)(H,38,40)(H,39,44)/t28-,29-/m0/s1. The lowest BCUT2D eigenvalue weighted by Crippen LogP contribution is -2.46. The number of carbonyl (C=O) groups is 5. The van der Waals surface area contributed by atoms with E-state index in [1.807, 2.05) is 48.5 Å². The number of carbonyl (C=O) groups excluding carboxylic acids is 5. The molecule has 3 N–H and O–H groups in total. The number of unbranched alkanes of at least 4 members (excludes halogenated alkanes) is 1. The van der Waals surface area contributed by atoms with Crippen LogP contribution in [0.25, 0.3) is 11.1 Å². The Morgan fingerprint density at radius 2 is 1.27 bits per heavy atom. The first-order valence-corrected chi connectivity index (χ1v) is 16.3. The quantitative estimate of drug-likeness (QED) is 0.137. The Morgan fingerprint density at radius 3 is 1.83 bits per heavy atom. The first-order valence-electron chi connectivity index (χ1n) is 16.3. The molecule has 0 fully saturated rings. The van der Waals surface area contributed by atoms with Gasteiger partial charge in [-0.15, -0.1) is 0 Å². The number of methoxy groups -OCH3 is 1. The first kappa shape index (κ1) is 37.8. The minimum Gasteiger partial charge on any atom is -0.467 e. The van der Waals surface area contributed by atoms with Crippen LogP contribution in [0, 0.1) is 0 Å². The van der Waals surface area contributed by atoms with Gasteiger partial charge in [0.15, 0.2) is 0 Å². The number of amides is 3. The lowest BCUT2D eigenvalue weighted by atomic mass is 9.98. The second-order valence-electron chi connectivity index (χ2n) is 13.7. The summed E-state index contributed by atoms with van der Waals surface area (Å²) >= 11 is 0. The van der Waals surface area contributed by atoms with Crippen LogP contribution in [0.5, 0.6) is 0 Å². The van der Waals surface area contributed by atoms with Crippen LogP contribution < -0.4 is 16.0 Å². The summed E-state index contributed by atoms with van der Waals surface area (Å²) in [6.45, 7) is 10.8. The molecule has 0 saturated heterocycles. The van der Waals surface area contributed by atoms with Gasteiger partial charge in [-0.25, -0.2) is 19.2 Å². The van der Waals surface area contributed by atoms with Crippen LogP contribution in [0.2, 0.25) is 0 Å². The monoisotopic (exact) mass is 667 g/mol. The lowest BCUT2D eigenvalue weighted by Gasteiger charge is -2.25. The highest BCUT2D eigenvalue weighted by atomic mass is 16.6. The van der Waals surface area contributed by atoms with E-state index in [1.54, 1.807) is 41.5 Å². The first-order chi connectivity index (χ1) is 22.6. The summed E-state index contributed by atoms with van der Waals surface area (Å²) in [6.07, 6.45) is -0.346. The molecule has 0 saturated carbocycles. The molecule has 48 heavy (non-hydrogen) atoms. The van der Waals surface area contributed by atoms with Crippen LogP contribution in [-0.2, 0) is 33.3 Å². The van der Waals surface area contributed by atoms with Crippen LogP contribution >= 0.6 is 0 Å². The molecule has 0 aromatic heterocycles. The molecule has 12 heteroatoms. The van der Waals surface area contributed by atoms with Crippen molar-refractivity contribution in [1.29, 1.82) is 0 Å². The summed E-state index contributed by atoms with van der Waals surface area (Å²) in [7, 11) is 1.22. The number of hydrogen-bond acceptors (Lipinski definition) is 9. The Hall–Kier alpha value is -4.61. The Labute approximate surface area is 282 Å². The molecule has 1 aliphatic rings. The molecule has 0 spiro atoms. The molecule has 0 aliphatic heterocycles. The second kappa shape index (κ2) is 17.0. The smallest absolute Gasteiger partial charge is 0.407 e. The average molecular weight is 668 g/mol. The van der Waals surface area contributed by atoms with Crippen molar-refractivity contribution in [2.45, 2.75) is 103 Å². The second-order valence-corrected chi connectivity index (χ2v) is 13.7. The van der Waals surface area contributed by atoms with Gasteiger partial charge in [0.25, 0.3) is 0 Å². The van der Waals surface area contributed by atoms with Crippen molar-refractivity contribution < 1.29 is 42.9 Å². The molecule has 0 unspecified atom stereocenters. The zero-order valence-electron chi connectivity index (χ0n) is 29.0. The number of fused-ring (bicyclic) bond motifs is 3. The number of benzene rings is 2. The Bertz CT molecular complexity index is 1400. The Kier molecular flexibility index (Phi) is 13.4. The highest BCUT2D eigenvalue weighted by Crippen LogP contribution is 2.44. The number of alkyl carbamates (subject to hydrolysis) is 2. The fourth-order valence-electron chi connectivity index (χ4n) is 5.32. The van der Waals surface area contributed by atoms with E-state index in [-0.39, 0.29) is 31.8 Å². The van der Waals surface area contributed by atoms with Crippen LogP contribution in [0.3, 0.4) is 0 Å². The molecule has 2 atom stereocenters. The van der Waals surface area contributed by atoms with Gasteiger partial charge in [-0.2, -0.15) is 0 Å². The van der Waals surface area contributed by atoms with Crippen LogP contribution in [0.1, 0.15) is 90.7 Å². The molecule has 3 rings (SSSR count). The minimum atomic E-state index is -1.18. The number of nitrogens with one attached hydrogen (secondary N) is 3. The van der Waals surface area contributed by atoms with Gasteiger partial charge >= 0.3 is 24.1 Å². The molecule has 0 bridgehead atoms. The van der Waals surface area contributed by atoms with Crippen molar-refractivity contribution in [2.75, 3.05) is 20.3 Å². The maximum atomic E-state index is 13.1. The molecule has 12 nitrogen and oxygen atoms in total. The SMILES string of the molecule is COC(=O)[C@H](CCCCNC(=O)OC(C)(C)C)NC(=O)CC[C@H](NC(=O)OCC1c2ccccc2-c2ccccc21)C(=O)OC(C)(C)C. The maximum Gasteiger partial charge on any atom is 0.407 e. The summed E-state index contributed by atoms with van der Waals surface area (Å²) < 4.78 is 21.2. The van der Waals surface area contributed by atoms with Gasteiger partial charge in [-0.1, -0.05) is 48.5 Å². The van der Waals surface area contributed by atoms with Gasteiger partial charge in [0, 0.05) is 18.9 Å². The maximum absolute atomic E-state index is 13.1. The van der Waals surface area contributed by atoms with Gasteiger partial charge in [0.1, 0.15) is 29.9 Å². The fraction of sp³-hybridized carbons (Fsp3) is 0.528. The third-order valence-corrected chi connectivity index (χ3v) is 7.40. The highest BCUT2D eigenvalue weighted by Gasteiger charge is 2.32. The molecule has 3 amide bonds. The van der Waals surface area contributed by atoms with E-state index in [4.69, 9.17) is 18.9 Å². The molecule has 1 aliphatic carbocycles. The fourth-order valence-corrected chi connectivity index (χ4v) is 5.32. The predicted molar refractivity (Wildman–Crippen MR) is 179 cm³/mol. The molecule has 2 aromatic rings. The van der Waals surface area contributed by atoms with E-state index in [9.17, 15) is 24.0 Å². The average Bonchev–Trinajstić information content (AvgIpc) is 3.32. The molecule has 0 heterocycles. The number of rotatable bonds is 14. The number of esters is 2. The van der Waals surface area contributed by atoms with Crippen molar-refractivity contribution in [2.24, 2.45) is 0 Å². The van der Waals surface area contributed by atoms with Crippen molar-refractivity contribution in [3.8, 4) is 11.1 Å². The van der Waals surface area contributed by atoms with E-state index in [1.165, 1.54) is 7.11 Å². The third kappa shape index (κ3) is 11.9. The zero-order chi connectivity index (χ0) is 35.5. The van der Waals surface area contributed by atoms with Gasteiger partial charge in [-0.3, -0.25) is 4.79 Å². The van der Waals surface area contributed by atoms with E-state index in [0.717, 1.165) is 22.3 Å². The van der Waals surface area contributed by atoms with Gasteiger partial charge in [-0.05, 0) is 89.5 Å². The number of hydrogen-bond donors (Lipinski definition) is 3. The van der Waals surface area contributed by atoms with Crippen LogP contribution in [0.15, 0.2) is 48.5 Å². The summed E-state index contributed by atoms with van der Waals surface area (Å²) in [5, 5.41) is 7.88. The molecule has 262 valence electrons. The van der Waals surface area contributed by atoms with Gasteiger partial charge in [0.05, 0.1) is 7.11 Å². The van der Waals surface area contributed by atoms with Crippen LogP contribution in [-0.4, -0.2) is 73.6 Å². The van der Waals surface area contributed by atoms with Gasteiger partial charge < -0.3 is 34.9 Å². The molecular weight excluding hydrogens is 618 g/mol. The van der Waals surface area contributed by atoms with Crippen molar-refractivity contribution in [3.05, 3.63) is 59.7 Å². The topological polar surface area (TPSA) is 158 Å². The predicted octanol–water partition coefficient (Wildman–Crippen LogP) is 5.37. The lowest BCUT2D eigenvalue weighted by molar-refractivity contribution is -0.157. The zero-order valence-corrected chi connectivity index (χ0v) is 29.0. The molecule has 0 radical (unpaired) electrons. The largest absolute Gasteiger partial charge is 0.467 e. The van der Waals surface area contributed by atoms with Crippen LogP contribution in [0.4, 0.5) is 9.59 Å². The summed E-state index contributed by atoms with van der Waals surface area (Å²) in [5.74, 6) is -2.02. The van der Waals surface area contributed by atoms with Gasteiger partial charge in [0.2, 0.25) is 5.91 Å². The summed E-state index contributed by atoms with van der Waals surface area (Å²) in [4.78, 5) is 63.2. The third-order valence-electron chi connectivity index (χ3n) is 7.40. The molecule has 2 aromatic carbocycles. The molecular formula is C36H49N3O9. The highest BCUT2D eigenvalue weighted by molar-refractivity contribution is 5.86. The van der Waals surface area contributed by atoms with E-state index in [0.29, 0.717) is 19.4 Å². The van der Waals surface area contributed by atoms with Crippen molar-refractivity contribution >= 4 is 30.0 Å². The van der Waals surface area contributed by atoms with E-state index >= 15 is 0 Å². The minimum absolute atomic E-state index is 0.0511. The summed E-state index contributed by atoms with van der Waals surface area (Å²) in [5.41, 5.74) is 2.81.